The summed E-state index contributed by atoms with van der Waals surface area (Å²) in [5, 5.41) is 9.78. The monoisotopic (exact) mass is 350 g/mol. The van der Waals surface area contributed by atoms with Crippen molar-refractivity contribution in [2.45, 2.75) is 29.8 Å². The number of rotatable bonds is 5. The van der Waals surface area contributed by atoms with Crippen LogP contribution in [0, 0.1) is 0 Å². The molecule has 0 spiro atoms. The van der Waals surface area contributed by atoms with Crippen LogP contribution in [0.2, 0.25) is 0 Å². The van der Waals surface area contributed by atoms with Crippen LogP contribution in [0.1, 0.15) is 24.4 Å². The molecule has 2 heterocycles. The van der Waals surface area contributed by atoms with Crippen molar-refractivity contribution in [2.75, 3.05) is 45.6 Å². The van der Waals surface area contributed by atoms with Gasteiger partial charge in [-0.05, 0) is 36.8 Å². The number of morpholine rings is 1. The SMILES string of the molecule is CSc1cccc([C@H](C(=O)O)N2CCC(N3CCOCC3)CC2)c1. The Labute approximate surface area is 148 Å². The first-order valence-electron chi connectivity index (χ1n) is 8.61. The molecule has 2 fully saturated rings. The highest BCUT2D eigenvalue weighted by molar-refractivity contribution is 7.98. The van der Waals surface area contributed by atoms with E-state index >= 15 is 0 Å². The first kappa shape index (κ1) is 17.7. The zero-order valence-electron chi connectivity index (χ0n) is 14.2. The molecule has 1 N–H and O–H groups in total. The Bertz CT molecular complexity index is 555. The minimum atomic E-state index is -0.752. The third kappa shape index (κ3) is 4.11. The number of carbonyl (C=O) groups is 1. The zero-order chi connectivity index (χ0) is 16.9. The van der Waals surface area contributed by atoms with Crippen molar-refractivity contribution < 1.29 is 14.6 Å². The summed E-state index contributed by atoms with van der Waals surface area (Å²) in [5.74, 6) is -0.752. The number of hydrogen-bond acceptors (Lipinski definition) is 5. The van der Waals surface area contributed by atoms with Crippen molar-refractivity contribution >= 4 is 17.7 Å². The lowest BCUT2D eigenvalue weighted by atomic mass is 9.98. The Balaban J connectivity index is 1.66. The van der Waals surface area contributed by atoms with E-state index in [0.29, 0.717) is 6.04 Å². The molecule has 0 bridgehead atoms. The number of carboxylic acids is 1. The third-order valence-electron chi connectivity index (χ3n) is 5.07. The molecule has 6 heteroatoms. The van der Waals surface area contributed by atoms with E-state index in [1.807, 2.05) is 30.5 Å². The highest BCUT2D eigenvalue weighted by Gasteiger charge is 2.33. The second-order valence-corrected chi connectivity index (χ2v) is 7.31. The Kier molecular flexibility index (Phi) is 6.16. The predicted octanol–water partition coefficient (Wildman–Crippen LogP) is 2.33. The lowest BCUT2D eigenvalue weighted by Gasteiger charge is -2.41. The molecule has 1 atom stereocenters. The summed E-state index contributed by atoms with van der Waals surface area (Å²) in [6, 6.07) is 7.96. The topological polar surface area (TPSA) is 53.0 Å². The molecule has 2 saturated heterocycles. The highest BCUT2D eigenvalue weighted by atomic mass is 32.2. The second-order valence-electron chi connectivity index (χ2n) is 6.43. The van der Waals surface area contributed by atoms with Crippen LogP contribution in [-0.2, 0) is 9.53 Å². The molecule has 0 radical (unpaired) electrons. The van der Waals surface area contributed by atoms with Gasteiger partial charge in [0.05, 0.1) is 13.2 Å². The van der Waals surface area contributed by atoms with Crippen molar-refractivity contribution in [3.63, 3.8) is 0 Å². The summed E-state index contributed by atoms with van der Waals surface area (Å²) in [6.07, 6.45) is 4.08. The summed E-state index contributed by atoms with van der Waals surface area (Å²) in [5.41, 5.74) is 0.888. The fourth-order valence-electron chi connectivity index (χ4n) is 3.77. The minimum Gasteiger partial charge on any atom is -0.480 e. The van der Waals surface area contributed by atoms with Crippen LogP contribution in [-0.4, -0.2) is 72.6 Å². The maximum absolute atomic E-state index is 11.9. The standard InChI is InChI=1S/C18H26N2O3S/c1-24-16-4-2-3-14(13-16)17(18(21)22)20-7-5-15(6-8-20)19-9-11-23-12-10-19/h2-4,13,15,17H,5-12H2,1H3,(H,21,22)/t17-/m1/s1. The molecule has 132 valence electrons. The van der Waals surface area contributed by atoms with Crippen molar-refractivity contribution in [1.29, 1.82) is 0 Å². The van der Waals surface area contributed by atoms with Gasteiger partial charge in [-0.25, -0.2) is 0 Å². The van der Waals surface area contributed by atoms with Gasteiger partial charge in [0.2, 0.25) is 0 Å². The molecule has 2 aliphatic heterocycles. The molecule has 24 heavy (non-hydrogen) atoms. The Hall–Kier alpha value is -1.08. The van der Waals surface area contributed by atoms with E-state index in [1.54, 1.807) is 11.8 Å². The number of likely N-dealkylation sites (tertiary alicyclic amines) is 1. The van der Waals surface area contributed by atoms with Crippen LogP contribution >= 0.6 is 11.8 Å². The van der Waals surface area contributed by atoms with Crippen molar-refractivity contribution in [2.24, 2.45) is 0 Å². The van der Waals surface area contributed by atoms with E-state index < -0.39 is 12.0 Å². The van der Waals surface area contributed by atoms with E-state index in [1.165, 1.54) is 0 Å². The van der Waals surface area contributed by atoms with E-state index in [0.717, 1.165) is 62.7 Å². The van der Waals surface area contributed by atoms with E-state index in [2.05, 4.69) is 9.80 Å². The molecule has 1 aromatic rings. The van der Waals surface area contributed by atoms with Crippen molar-refractivity contribution in [3.05, 3.63) is 29.8 Å². The van der Waals surface area contributed by atoms with Crippen LogP contribution < -0.4 is 0 Å². The Morgan fingerprint density at radius 2 is 1.96 bits per heavy atom. The van der Waals surface area contributed by atoms with Gasteiger partial charge in [-0.3, -0.25) is 14.6 Å². The van der Waals surface area contributed by atoms with Crippen LogP contribution in [0.3, 0.4) is 0 Å². The van der Waals surface area contributed by atoms with Gasteiger partial charge < -0.3 is 9.84 Å². The lowest BCUT2D eigenvalue weighted by Crippen LogP contribution is -2.50. The highest BCUT2D eigenvalue weighted by Crippen LogP contribution is 2.29. The van der Waals surface area contributed by atoms with Crippen molar-refractivity contribution in [1.82, 2.24) is 9.80 Å². The number of nitrogens with zero attached hydrogens (tertiary/aromatic N) is 2. The molecule has 0 saturated carbocycles. The summed E-state index contributed by atoms with van der Waals surface area (Å²) in [7, 11) is 0. The average molecular weight is 350 g/mol. The molecule has 0 aromatic heterocycles. The average Bonchev–Trinajstić information content (AvgIpc) is 2.63. The van der Waals surface area contributed by atoms with Crippen LogP contribution in [0.25, 0.3) is 0 Å². The molecule has 0 aliphatic carbocycles. The summed E-state index contributed by atoms with van der Waals surface area (Å²) in [4.78, 5) is 17.6. The van der Waals surface area contributed by atoms with Gasteiger partial charge in [-0.2, -0.15) is 0 Å². The first-order valence-corrected chi connectivity index (χ1v) is 9.84. The maximum atomic E-state index is 11.9. The number of thioether (sulfide) groups is 1. The van der Waals surface area contributed by atoms with Crippen molar-refractivity contribution in [3.8, 4) is 0 Å². The molecule has 0 unspecified atom stereocenters. The fraction of sp³-hybridized carbons (Fsp3) is 0.611. The molecule has 2 aliphatic rings. The van der Waals surface area contributed by atoms with Crippen LogP contribution in [0.5, 0.6) is 0 Å². The normalized spacial score (nSPS) is 22.4. The van der Waals surface area contributed by atoms with Gasteiger partial charge >= 0.3 is 5.97 Å². The number of ether oxygens (including phenoxy) is 1. The molecule has 3 rings (SSSR count). The number of piperidine rings is 1. The summed E-state index contributed by atoms with van der Waals surface area (Å²) in [6.45, 7) is 5.31. The zero-order valence-corrected chi connectivity index (χ0v) is 15.0. The minimum absolute atomic E-state index is 0.539. The van der Waals surface area contributed by atoms with E-state index in [-0.39, 0.29) is 0 Å². The molecule has 1 aromatic carbocycles. The van der Waals surface area contributed by atoms with E-state index in [4.69, 9.17) is 4.74 Å². The predicted molar refractivity (Wildman–Crippen MR) is 95.6 cm³/mol. The van der Waals surface area contributed by atoms with Gasteiger partial charge in [0.25, 0.3) is 0 Å². The van der Waals surface area contributed by atoms with Gasteiger partial charge in [-0.1, -0.05) is 12.1 Å². The van der Waals surface area contributed by atoms with Gasteiger partial charge in [0.15, 0.2) is 0 Å². The third-order valence-corrected chi connectivity index (χ3v) is 5.80. The number of benzene rings is 1. The summed E-state index contributed by atoms with van der Waals surface area (Å²) >= 11 is 1.65. The Morgan fingerprint density at radius 1 is 1.25 bits per heavy atom. The quantitative estimate of drug-likeness (QED) is 0.823. The summed E-state index contributed by atoms with van der Waals surface area (Å²) < 4.78 is 5.43. The maximum Gasteiger partial charge on any atom is 0.325 e. The van der Waals surface area contributed by atoms with E-state index in [9.17, 15) is 9.90 Å². The number of aliphatic carboxylic acids is 1. The Morgan fingerprint density at radius 3 is 2.58 bits per heavy atom. The molecular formula is C18H26N2O3S. The fourth-order valence-corrected chi connectivity index (χ4v) is 4.24. The lowest BCUT2D eigenvalue weighted by molar-refractivity contribution is -0.144. The van der Waals surface area contributed by atoms with Crippen LogP contribution in [0.15, 0.2) is 29.2 Å². The van der Waals surface area contributed by atoms with Gasteiger partial charge in [-0.15, -0.1) is 11.8 Å². The smallest absolute Gasteiger partial charge is 0.325 e. The van der Waals surface area contributed by atoms with Gasteiger partial charge in [0.1, 0.15) is 6.04 Å². The molecule has 0 amide bonds. The van der Waals surface area contributed by atoms with Crippen LogP contribution in [0.4, 0.5) is 0 Å². The molecule has 5 nitrogen and oxygen atoms in total. The number of carboxylic acid groups (broad SMARTS) is 1. The van der Waals surface area contributed by atoms with Gasteiger partial charge in [0, 0.05) is 37.1 Å². The molecular weight excluding hydrogens is 324 g/mol. The first-order chi connectivity index (χ1) is 11.7. The number of hydrogen-bond donors (Lipinski definition) is 1. The largest absolute Gasteiger partial charge is 0.480 e. The second kappa shape index (κ2) is 8.34.